The number of carbonyl (C=O) groups is 2. The first-order chi connectivity index (χ1) is 18.9. The van der Waals surface area contributed by atoms with E-state index in [-0.39, 0.29) is 5.91 Å². The van der Waals surface area contributed by atoms with E-state index in [2.05, 4.69) is 10.3 Å². The van der Waals surface area contributed by atoms with Crippen LogP contribution < -0.4 is 14.8 Å². The van der Waals surface area contributed by atoms with Crippen LogP contribution in [0.15, 0.2) is 84.2 Å². The molecule has 2 saturated carbocycles. The number of amides is 1. The fraction of sp³-hybridized carbons (Fsp3) is 0.258. The predicted octanol–water partition coefficient (Wildman–Crippen LogP) is 6.30. The molecule has 1 aromatic heterocycles. The Hall–Kier alpha value is -4.17. The van der Waals surface area contributed by atoms with Crippen molar-refractivity contribution in [1.29, 1.82) is 0 Å². The molecular weight excluding hydrogens is 512 g/mol. The van der Waals surface area contributed by atoms with Crippen LogP contribution in [0.2, 0.25) is 0 Å². The molecule has 39 heavy (non-hydrogen) atoms. The lowest BCUT2D eigenvalue weighted by molar-refractivity contribution is -0.140. The van der Waals surface area contributed by atoms with E-state index < -0.39 is 16.8 Å². The van der Waals surface area contributed by atoms with Gasteiger partial charge in [0.1, 0.15) is 11.5 Å². The monoisotopic (exact) mass is 542 g/mol. The number of nitrogens with zero attached hydrogens (tertiary/aromatic N) is 1. The minimum absolute atomic E-state index is 0.0200. The maximum atomic E-state index is 12.8. The molecule has 4 aromatic rings. The van der Waals surface area contributed by atoms with E-state index in [4.69, 9.17) is 14.6 Å². The molecule has 0 saturated heterocycles. The first-order valence-electron chi connectivity index (χ1n) is 12.7. The molecular formula is C31H30N2O5S. The summed E-state index contributed by atoms with van der Waals surface area (Å²) in [5.41, 5.74) is 2.82. The molecule has 1 heterocycles. The summed E-state index contributed by atoms with van der Waals surface area (Å²) in [5.74, 6) is 0.858. The average Bonchev–Trinajstić information content (AvgIpc) is 3.91. The zero-order valence-electron chi connectivity index (χ0n) is 21.8. The molecule has 0 spiro atoms. The van der Waals surface area contributed by atoms with Gasteiger partial charge in [-0.05, 0) is 61.1 Å². The van der Waals surface area contributed by atoms with E-state index in [0.29, 0.717) is 5.13 Å². The summed E-state index contributed by atoms with van der Waals surface area (Å²) in [6.45, 7) is 0. The van der Waals surface area contributed by atoms with Gasteiger partial charge in [0.15, 0.2) is 5.13 Å². The Morgan fingerprint density at radius 2 is 1.31 bits per heavy atom. The highest BCUT2D eigenvalue weighted by atomic mass is 32.1. The van der Waals surface area contributed by atoms with Gasteiger partial charge in [-0.3, -0.25) is 9.59 Å². The van der Waals surface area contributed by atoms with E-state index >= 15 is 0 Å². The lowest BCUT2D eigenvalue weighted by Crippen LogP contribution is -2.27. The molecule has 0 bridgehead atoms. The van der Waals surface area contributed by atoms with E-state index in [1.54, 1.807) is 26.4 Å². The van der Waals surface area contributed by atoms with Crippen molar-refractivity contribution in [3.05, 3.63) is 95.4 Å². The number of benzene rings is 3. The average molecular weight is 543 g/mol. The van der Waals surface area contributed by atoms with Crippen LogP contribution in [0.1, 0.15) is 36.8 Å². The second-order valence-electron chi connectivity index (χ2n) is 9.78. The Morgan fingerprint density at radius 1 is 0.795 bits per heavy atom. The first-order valence-corrected chi connectivity index (χ1v) is 13.6. The van der Waals surface area contributed by atoms with E-state index in [0.717, 1.165) is 59.6 Å². The van der Waals surface area contributed by atoms with Crippen LogP contribution in [0.4, 0.5) is 5.13 Å². The maximum Gasteiger partial charge on any atom is 0.314 e. The molecule has 0 atom stereocenters. The summed E-state index contributed by atoms with van der Waals surface area (Å²) < 4.78 is 10.2. The van der Waals surface area contributed by atoms with Gasteiger partial charge in [0.25, 0.3) is 0 Å². The standard InChI is InChI=1S/C20H18N2O2S.C11H12O3/c1-24-16-9-7-15(8-10-16)20(11-12-20)18(23)22-19-21-17(13-25-19)14-5-3-2-4-6-14;1-14-9-4-2-8(3-5-9)11(6-7-11)10(12)13/h2-10,13H,11-12H2,1H3,(H,21,22,23);2-5H,6-7H2,1H3,(H,12,13). The number of aromatic nitrogens is 1. The van der Waals surface area contributed by atoms with E-state index in [9.17, 15) is 9.59 Å². The molecule has 8 heteroatoms. The van der Waals surface area contributed by atoms with E-state index in [1.807, 2.05) is 72.1 Å². The minimum Gasteiger partial charge on any atom is -0.497 e. The molecule has 6 rings (SSSR count). The van der Waals surface area contributed by atoms with E-state index in [1.165, 1.54) is 11.3 Å². The van der Waals surface area contributed by atoms with Crippen molar-refractivity contribution >= 4 is 28.3 Å². The molecule has 7 nitrogen and oxygen atoms in total. The van der Waals surface area contributed by atoms with Crippen molar-refractivity contribution in [2.75, 3.05) is 19.5 Å². The van der Waals surface area contributed by atoms with Crippen LogP contribution in [0, 0.1) is 0 Å². The van der Waals surface area contributed by atoms with Crippen molar-refractivity contribution in [1.82, 2.24) is 4.98 Å². The third-order valence-corrected chi connectivity index (χ3v) is 8.18. The molecule has 200 valence electrons. The molecule has 0 aliphatic heterocycles. The summed E-state index contributed by atoms with van der Waals surface area (Å²) in [4.78, 5) is 28.4. The molecule has 1 amide bonds. The summed E-state index contributed by atoms with van der Waals surface area (Å²) >= 11 is 1.45. The zero-order valence-corrected chi connectivity index (χ0v) is 22.7. The van der Waals surface area contributed by atoms with Gasteiger partial charge in [-0.25, -0.2) is 4.98 Å². The summed E-state index contributed by atoms with van der Waals surface area (Å²) in [6, 6.07) is 25.0. The number of thiazole rings is 1. The van der Waals surface area contributed by atoms with Crippen molar-refractivity contribution in [3.8, 4) is 22.8 Å². The Kier molecular flexibility index (Phi) is 7.39. The molecule has 3 aromatic carbocycles. The van der Waals surface area contributed by atoms with Crippen molar-refractivity contribution in [2.24, 2.45) is 0 Å². The summed E-state index contributed by atoms with van der Waals surface area (Å²) in [6.07, 6.45) is 3.22. The van der Waals surface area contributed by atoms with Gasteiger partial charge >= 0.3 is 5.97 Å². The van der Waals surface area contributed by atoms with Crippen molar-refractivity contribution in [2.45, 2.75) is 36.5 Å². The lowest BCUT2D eigenvalue weighted by Gasteiger charge is -2.15. The molecule has 2 aliphatic carbocycles. The Morgan fingerprint density at radius 3 is 1.77 bits per heavy atom. The number of rotatable bonds is 8. The van der Waals surface area contributed by atoms with Gasteiger partial charge in [-0.15, -0.1) is 11.3 Å². The van der Waals surface area contributed by atoms with Crippen LogP contribution in [-0.2, 0) is 20.4 Å². The fourth-order valence-electron chi connectivity index (χ4n) is 4.63. The molecule has 2 N–H and O–H groups in total. The van der Waals surface area contributed by atoms with Crippen LogP contribution in [-0.4, -0.2) is 36.2 Å². The van der Waals surface area contributed by atoms with Gasteiger partial charge in [0.2, 0.25) is 5.91 Å². The number of hydrogen-bond donors (Lipinski definition) is 2. The maximum absolute atomic E-state index is 12.8. The number of carboxylic acids is 1. The van der Waals surface area contributed by atoms with Gasteiger partial charge in [-0.2, -0.15) is 0 Å². The highest BCUT2D eigenvalue weighted by Crippen LogP contribution is 2.50. The third-order valence-electron chi connectivity index (χ3n) is 7.42. The number of methoxy groups -OCH3 is 2. The van der Waals surface area contributed by atoms with Gasteiger partial charge in [0, 0.05) is 10.9 Å². The quantitative estimate of drug-likeness (QED) is 0.271. The second-order valence-corrected chi connectivity index (χ2v) is 10.6. The number of hydrogen-bond acceptors (Lipinski definition) is 6. The van der Waals surface area contributed by atoms with Crippen molar-refractivity contribution in [3.63, 3.8) is 0 Å². The topological polar surface area (TPSA) is 97.8 Å². The Labute approximate surface area is 231 Å². The number of carboxylic acid groups (broad SMARTS) is 1. The number of anilines is 1. The van der Waals surface area contributed by atoms with Crippen LogP contribution >= 0.6 is 11.3 Å². The highest BCUT2D eigenvalue weighted by molar-refractivity contribution is 7.14. The fourth-order valence-corrected chi connectivity index (χ4v) is 5.35. The molecule has 2 fully saturated rings. The molecule has 0 radical (unpaired) electrons. The number of ether oxygens (including phenoxy) is 2. The normalized spacial score (nSPS) is 15.7. The van der Waals surface area contributed by atoms with Crippen LogP contribution in [0.3, 0.4) is 0 Å². The summed E-state index contributed by atoms with van der Waals surface area (Å²) in [5, 5.41) is 14.7. The van der Waals surface area contributed by atoms with Gasteiger partial charge in [0.05, 0.1) is 30.7 Å². The smallest absolute Gasteiger partial charge is 0.314 e. The predicted molar refractivity (Wildman–Crippen MR) is 152 cm³/mol. The number of nitrogens with one attached hydrogen (secondary N) is 1. The Balaban J connectivity index is 0.000000186. The largest absolute Gasteiger partial charge is 0.497 e. The second kappa shape index (κ2) is 10.9. The van der Waals surface area contributed by atoms with Gasteiger partial charge < -0.3 is 19.9 Å². The minimum atomic E-state index is -0.720. The highest BCUT2D eigenvalue weighted by Gasteiger charge is 2.52. The number of aliphatic carboxylic acids is 1. The SMILES string of the molecule is COc1ccc(C2(C(=O)Nc3nc(-c4ccccc4)cs3)CC2)cc1.COc1ccc(C2(C(=O)O)CC2)cc1. The van der Waals surface area contributed by atoms with Crippen LogP contribution in [0.5, 0.6) is 11.5 Å². The van der Waals surface area contributed by atoms with Gasteiger partial charge in [-0.1, -0.05) is 54.6 Å². The number of carbonyl (C=O) groups excluding carboxylic acids is 1. The first kappa shape index (κ1) is 26.4. The molecule has 0 unspecified atom stereocenters. The molecule has 2 aliphatic rings. The van der Waals surface area contributed by atoms with Crippen molar-refractivity contribution < 1.29 is 24.2 Å². The zero-order chi connectivity index (χ0) is 27.5. The lowest BCUT2D eigenvalue weighted by atomic mass is 9.95. The third kappa shape index (κ3) is 5.52. The summed E-state index contributed by atoms with van der Waals surface area (Å²) in [7, 11) is 3.24. The van der Waals surface area contributed by atoms with Crippen LogP contribution in [0.25, 0.3) is 11.3 Å². The Bertz CT molecular complexity index is 1440.